The third-order valence-corrected chi connectivity index (χ3v) is 5.95. The van der Waals surface area contributed by atoms with Gasteiger partial charge in [-0.15, -0.1) is 0 Å². The number of rotatable bonds is 8. The SMILES string of the molecule is COc1ccc(S(=O)(=O)Nc2ccc(C)n(CC(=O)NCc3ccc(C)o3)c2=O)cc1. The van der Waals surface area contributed by atoms with E-state index in [2.05, 4.69) is 10.0 Å². The van der Waals surface area contributed by atoms with Crippen LogP contribution in [0.2, 0.25) is 0 Å². The van der Waals surface area contributed by atoms with E-state index in [0.29, 0.717) is 17.2 Å². The summed E-state index contributed by atoms with van der Waals surface area (Å²) in [7, 11) is -2.52. The minimum atomic E-state index is -3.99. The summed E-state index contributed by atoms with van der Waals surface area (Å²) in [6.45, 7) is 3.38. The molecule has 0 aliphatic rings. The van der Waals surface area contributed by atoms with Gasteiger partial charge in [0.2, 0.25) is 5.91 Å². The van der Waals surface area contributed by atoms with Gasteiger partial charge in [-0.3, -0.25) is 14.3 Å². The summed E-state index contributed by atoms with van der Waals surface area (Å²) in [4.78, 5) is 25.1. The first-order chi connectivity index (χ1) is 14.7. The van der Waals surface area contributed by atoms with Gasteiger partial charge in [0.15, 0.2) is 0 Å². The van der Waals surface area contributed by atoms with E-state index >= 15 is 0 Å². The van der Waals surface area contributed by atoms with Crippen molar-refractivity contribution in [2.24, 2.45) is 0 Å². The number of nitrogens with one attached hydrogen (secondary N) is 2. The molecule has 0 saturated heterocycles. The topological polar surface area (TPSA) is 120 Å². The Morgan fingerprint density at radius 2 is 1.77 bits per heavy atom. The molecular formula is C21H23N3O6S. The minimum absolute atomic E-state index is 0.0219. The Hall–Kier alpha value is -3.53. The Kier molecular flexibility index (Phi) is 6.50. The second-order valence-corrected chi connectivity index (χ2v) is 8.53. The van der Waals surface area contributed by atoms with Gasteiger partial charge in [-0.2, -0.15) is 0 Å². The van der Waals surface area contributed by atoms with Crippen LogP contribution in [0.25, 0.3) is 0 Å². The van der Waals surface area contributed by atoms with E-state index in [9.17, 15) is 18.0 Å². The first-order valence-electron chi connectivity index (χ1n) is 9.39. The van der Waals surface area contributed by atoms with Gasteiger partial charge in [-0.05, 0) is 62.4 Å². The van der Waals surface area contributed by atoms with E-state index in [-0.39, 0.29) is 23.7 Å². The highest BCUT2D eigenvalue weighted by atomic mass is 32.2. The van der Waals surface area contributed by atoms with Gasteiger partial charge in [-0.25, -0.2) is 8.42 Å². The zero-order chi connectivity index (χ0) is 22.6. The molecule has 2 N–H and O–H groups in total. The predicted octanol–water partition coefficient (Wildman–Crippen LogP) is 2.18. The number of hydrogen-bond donors (Lipinski definition) is 2. The van der Waals surface area contributed by atoms with Crippen molar-refractivity contribution in [1.82, 2.24) is 9.88 Å². The number of hydrogen-bond acceptors (Lipinski definition) is 6. The number of ether oxygens (including phenoxy) is 1. The molecule has 164 valence electrons. The molecular weight excluding hydrogens is 422 g/mol. The molecule has 10 heteroatoms. The van der Waals surface area contributed by atoms with Crippen LogP contribution in [0.4, 0.5) is 5.69 Å². The maximum Gasteiger partial charge on any atom is 0.275 e. The van der Waals surface area contributed by atoms with Crippen molar-refractivity contribution < 1.29 is 22.4 Å². The van der Waals surface area contributed by atoms with Crippen LogP contribution in [0.5, 0.6) is 5.75 Å². The molecule has 1 amide bonds. The Morgan fingerprint density at radius 1 is 1.06 bits per heavy atom. The van der Waals surface area contributed by atoms with Crippen LogP contribution >= 0.6 is 0 Å². The standard InChI is InChI=1S/C21H23N3O6S/c1-14-4-11-19(23-31(27,28)18-9-7-16(29-3)8-10-18)21(26)24(14)13-20(25)22-12-17-6-5-15(2)30-17/h4-11,23H,12-13H2,1-3H3,(H,22,25). The third-order valence-electron chi connectivity index (χ3n) is 4.56. The molecule has 0 atom stereocenters. The molecule has 0 aliphatic carbocycles. The summed E-state index contributed by atoms with van der Waals surface area (Å²) in [5.41, 5.74) is -0.265. The lowest BCUT2D eigenvalue weighted by molar-refractivity contribution is -0.122. The van der Waals surface area contributed by atoms with Gasteiger partial charge in [-0.1, -0.05) is 0 Å². The summed E-state index contributed by atoms with van der Waals surface area (Å²) in [6.07, 6.45) is 0. The lowest BCUT2D eigenvalue weighted by Crippen LogP contribution is -2.34. The molecule has 0 fully saturated rings. The zero-order valence-corrected chi connectivity index (χ0v) is 18.2. The molecule has 2 heterocycles. The number of carbonyl (C=O) groups excluding carboxylic acids is 1. The van der Waals surface area contributed by atoms with Gasteiger partial charge < -0.3 is 19.0 Å². The van der Waals surface area contributed by atoms with Crippen LogP contribution in [0, 0.1) is 13.8 Å². The molecule has 3 rings (SSSR count). The van der Waals surface area contributed by atoms with E-state index in [4.69, 9.17) is 9.15 Å². The largest absolute Gasteiger partial charge is 0.497 e. The molecule has 31 heavy (non-hydrogen) atoms. The van der Waals surface area contributed by atoms with Crippen LogP contribution in [0.1, 0.15) is 17.2 Å². The fourth-order valence-corrected chi connectivity index (χ4v) is 3.93. The highest BCUT2D eigenvalue weighted by Gasteiger charge is 2.18. The Balaban J connectivity index is 1.76. The van der Waals surface area contributed by atoms with Gasteiger partial charge in [0.05, 0.1) is 18.6 Å². The lowest BCUT2D eigenvalue weighted by atomic mass is 10.3. The highest BCUT2D eigenvalue weighted by molar-refractivity contribution is 7.92. The number of nitrogens with zero attached hydrogens (tertiary/aromatic N) is 1. The van der Waals surface area contributed by atoms with Crippen molar-refractivity contribution in [2.45, 2.75) is 31.8 Å². The first kappa shape index (κ1) is 22.2. The molecule has 0 spiro atoms. The molecule has 9 nitrogen and oxygen atoms in total. The van der Waals surface area contributed by atoms with Gasteiger partial charge >= 0.3 is 0 Å². The van der Waals surface area contributed by atoms with Crippen molar-refractivity contribution in [1.29, 1.82) is 0 Å². The fraction of sp³-hybridized carbons (Fsp3) is 0.238. The quantitative estimate of drug-likeness (QED) is 0.548. The number of anilines is 1. The zero-order valence-electron chi connectivity index (χ0n) is 17.3. The summed E-state index contributed by atoms with van der Waals surface area (Å²) in [5.74, 6) is 1.42. The molecule has 2 aromatic heterocycles. The van der Waals surface area contributed by atoms with Crippen LogP contribution in [0.15, 0.2) is 62.6 Å². The van der Waals surface area contributed by atoms with E-state index in [1.807, 2.05) is 0 Å². The van der Waals surface area contributed by atoms with Crippen LogP contribution in [0.3, 0.4) is 0 Å². The number of pyridine rings is 1. The highest BCUT2D eigenvalue weighted by Crippen LogP contribution is 2.18. The molecule has 0 radical (unpaired) electrons. The van der Waals surface area contributed by atoms with E-state index in [1.165, 1.54) is 42.0 Å². The summed E-state index contributed by atoms with van der Waals surface area (Å²) in [5, 5.41) is 2.68. The lowest BCUT2D eigenvalue weighted by Gasteiger charge is -2.13. The second-order valence-electron chi connectivity index (χ2n) is 6.85. The number of sulfonamides is 1. The number of amides is 1. The Bertz CT molecular complexity index is 1240. The molecule has 0 unspecified atom stereocenters. The number of benzene rings is 1. The number of furan rings is 1. The molecule has 0 saturated carbocycles. The Morgan fingerprint density at radius 3 is 2.39 bits per heavy atom. The van der Waals surface area contributed by atoms with Crippen molar-refractivity contribution in [2.75, 3.05) is 11.8 Å². The number of methoxy groups -OCH3 is 1. The van der Waals surface area contributed by atoms with Crippen molar-refractivity contribution >= 4 is 21.6 Å². The van der Waals surface area contributed by atoms with E-state index in [1.54, 1.807) is 32.0 Å². The normalized spacial score (nSPS) is 11.2. The summed E-state index contributed by atoms with van der Waals surface area (Å²) in [6, 6.07) is 12.2. The maximum absolute atomic E-state index is 12.8. The van der Waals surface area contributed by atoms with Crippen LogP contribution < -0.4 is 20.3 Å². The number of carbonyl (C=O) groups is 1. The van der Waals surface area contributed by atoms with Gasteiger partial charge in [0.1, 0.15) is 29.5 Å². The average Bonchev–Trinajstić information content (AvgIpc) is 3.17. The third kappa shape index (κ3) is 5.34. The predicted molar refractivity (Wildman–Crippen MR) is 115 cm³/mol. The molecule has 3 aromatic rings. The monoisotopic (exact) mass is 445 g/mol. The van der Waals surface area contributed by atoms with Crippen LogP contribution in [-0.2, 0) is 27.9 Å². The van der Waals surface area contributed by atoms with Crippen molar-refractivity contribution in [3.63, 3.8) is 0 Å². The van der Waals surface area contributed by atoms with Crippen molar-refractivity contribution in [3.8, 4) is 5.75 Å². The fourth-order valence-electron chi connectivity index (χ4n) is 2.87. The number of aromatic nitrogens is 1. The number of aryl methyl sites for hydroxylation is 2. The molecule has 0 bridgehead atoms. The van der Waals surface area contributed by atoms with E-state index in [0.717, 1.165) is 5.76 Å². The van der Waals surface area contributed by atoms with Crippen LogP contribution in [-0.4, -0.2) is 26.0 Å². The minimum Gasteiger partial charge on any atom is -0.497 e. The van der Waals surface area contributed by atoms with E-state index < -0.39 is 21.5 Å². The maximum atomic E-state index is 12.8. The first-order valence-corrected chi connectivity index (χ1v) is 10.9. The van der Waals surface area contributed by atoms with Gasteiger partial charge in [0, 0.05) is 5.69 Å². The smallest absolute Gasteiger partial charge is 0.275 e. The van der Waals surface area contributed by atoms with Crippen molar-refractivity contribution in [3.05, 3.63) is 76.1 Å². The Labute approximate surface area is 179 Å². The second kappa shape index (κ2) is 9.09. The summed E-state index contributed by atoms with van der Waals surface area (Å²) >= 11 is 0. The average molecular weight is 445 g/mol. The van der Waals surface area contributed by atoms with Gasteiger partial charge in [0.25, 0.3) is 15.6 Å². The summed E-state index contributed by atoms with van der Waals surface area (Å²) < 4.78 is 39.2. The molecule has 0 aliphatic heterocycles. The molecule has 1 aromatic carbocycles.